The molecule has 4 rings (SSSR count). The minimum atomic E-state index is -0.640. The van der Waals surface area contributed by atoms with Crippen molar-refractivity contribution in [1.29, 1.82) is 0 Å². The van der Waals surface area contributed by atoms with E-state index in [1.54, 1.807) is 0 Å². The third-order valence-corrected chi connectivity index (χ3v) is 4.55. The van der Waals surface area contributed by atoms with Gasteiger partial charge in [-0.25, -0.2) is 0 Å². The maximum Gasteiger partial charge on any atom is 0.180 e. The van der Waals surface area contributed by atoms with E-state index < -0.39 is 5.41 Å². The molecular formula is C20H16O2. The fourth-order valence-electron chi connectivity index (χ4n) is 3.19. The maximum absolute atomic E-state index is 13.3. The van der Waals surface area contributed by atoms with Gasteiger partial charge in [-0.05, 0) is 29.3 Å². The highest BCUT2D eigenvalue weighted by atomic mass is 16.5. The van der Waals surface area contributed by atoms with E-state index in [1.807, 2.05) is 73.7 Å². The summed E-state index contributed by atoms with van der Waals surface area (Å²) in [4.78, 5) is 13.3. The fourth-order valence-corrected chi connectivity index (χ4v) is 3.19. The zero-order valence-electron chi connectivity index (χ0n) is 12.4. The van der Waals surface area contributed by atoms with E-state index in [4.69, 9.17) is 4.74 Å². The van der Waals surface area contributed by atoms with Crippen LogP contribution in [0.2, 0.25) is 0 Å². The van der Waals surface area contributed by atoms with Gasteiger partial charge in [0.05, 0.1) is 11.0 Å². The summed E-state index contributed by atoms with van der Waals surface area (Å²) in [5.41, 5.74) is 1.06. The Morgan fingerprint density at radius 3 is 2.45 bits per heavy atom. The van der Waals surface area contributed by atoms with Crippen molar-refractivity contribution < 1.29 is 9.53 Å². The number of rotatable bonds is 1. The van der Waals surface area contributed by atoms with E-state index >= 15 is 0 Å². The molecule has 22 heavy (non-hydrogen) atoms. The quantitative estimate of drug-likeness (QED) is 0.664. The monoisotopic (exact) mass is 288 g/mol. The second-order valence-electron chi connectivity index (χ2n) is 5.98. The number of fused-ring (bicyclic) bond motifs is 3. The molecule has 108 valence electrons. The molecule has 0 bridgehead atoms. The number of hydrogen-bond donors (Lipinski definition) is 0. The minimum Gasteiger partial charge on any atom is -0.491 e. The van der Waals surface area contributed by atoms with E-state index in [0.717, 1.165) is 16.3 Å². The first-order valence-electron chi connectivity index (χ1n) is 7.45. The van der Waals surface area contributed by atoms with Gasteiger partial charge < -0.3 is 4.74 Å². The second-order valence-corrected chi connectivity index (χ2v) is 5.98. The molecule has 0 spiro atoms. The molecule has 0 saturated carbocycles. The number of carbonyl (C=O) groups is 1. The summed E-state index contributed by atoms with van der Waals surface area (Å²) in [6.45, 7) is 2.34. The highest BCUT2D eigenvalue weighted by Gasteiger charge is 2.42. The Bertz CT molecular complexity index is 867. The molecule has 0 aromatic heterocycles. The summed E-state index contributed by atoms with van der Waals surface area (Å²) in [5.74, 6) is 0.828. The molecule has 0 amide bonds. The molecule has 1 heterocycles. The van der Waals surface area contributed by atoms with Gasteiger partial charge in [0.15, 0.2) is 5.78 Å². The average Bonchev–Trinajstić information content (AvgIpc) is 2.58. The second kappa shape index (κ2) is 4.70. The molecule has 0 radical (unpaired) electrons. The standard InChI is InChI=1S/C20H16O2/c1-20(15-8-3-2-4-9-15)13-22-17-12-11-14-7-5-6-10-16(14)18(17)19(20)21/h2-12H,13H2,1H3/t20-/m1/s1. The summed E-state index contributed by atoms with van der Waals surface area (Å²) in [5, 5.41) is 2.03. The van der Waals surface area contributed by atoms with Crippen molar-refractivity contribution >= 4 is 16.6 Å². The number of hydrogen-bond acceptors (Lipinski definition) is 2. The molecule has 2 heteroatoms. The topological polar surface area (TPSA) is 26.3 Å². The van der Waals surface area contributed by atoms with Gasteiger partial charge in [0.1, 0.15) is 12.4 Å². The van der Waals surface area contributed by atoms with Gasteiger partial charge in [-0.1, -0.05) is 60.7 Å². The van der Waals surface area contributed by atoms with Crippen LogP contribution in [0.25, 0.3) is 10.8 Å². The van der Waals surface area contributed by atoms with Crippen LogP contribution >= 0.6 is 0 Å². The molecule has 1 aliphatic heterocycles. The van der Waals surface area contributed by atoms with Gasteiger partial charge >= 0.3 is 0 Å². The number of ketones is 1. The fraction of sp³-hybridized carbons (Fsp3) is 0.150. The van der Waals surface area contributed by atoms with E-state index in [1.165, 1.54) is 0 Å². The lowest BCUT2D eigenvalue weighted by Crippen LogP contribution is -2.42. The lowest BCUT2D eigenvalue weighted by Gasteiger charge is -2.34. The zero-order valence-corrected chi connectivity index (χ0v) is 12.4. The Morgan fingerprint density at radius 1 is 0.909 bits per heavy atom. The molecule has 0 N–H and O–H groups in total. The molecule has 0 aliphatic carbocycles. The van der Waals surface area contributed by atoms with Crippen LogP contribution in [-0.2, 0) is 5.41 Å². The van der Waals surface area contributed by atoms with Gasteiger partial charge in [-0.2, -0.15) is 0 Å². The lowest BCUT2D eigenvalue weighted by atomic mass is 9.74. The molecule has 3 aromatic rings. The molecule has 0 saturated heterocycles. The molecule has 0 unspecified atom stereocenters. The van der Waals surface area contributed by atoms with Crippen LogP contribution in [0, 0.1) is 0 Å². The van der Waals surface area contributed by atoms with Crippen molar-refractivity contribution in [2.75, 3.05) is 6.61 Å². The lowest BCUT2D eigenvalue weighted by molar-refractivity contribution is 0.0794. The molecule has 0 fully saturated rings. The number of carbonyl (C=O) groups excluding carboxylic acids is 1. The van der Waals surface area contributed by atoms with Crippen LogP contribution in [0.5, 0.6) is 5.75 Å². The average molecular weight is 288 g/mol. The molecular weight excluding hydrogens is 272 g/mol. The van der Waals surface area contributed by atoms with Gasteiger partial charge in [-0.15, -0.1) is 0 Å². The van der Waals surface area contributed by atoms with Crippen LogP contribution in [0.15, 0.2) is 66.7 Å². The van der Waals surface area contributed by atoms with Crippen LogP contribution < -0.4 is 4.74 Å². The Balaban J connectivity index is 1.95. The number of ether oxygens (including phenoxy) is 1. The van der Waals surface area contributed by atoms with Gasteiger partial charge in [0.2, 0.25) is 0 Å². The Hall–Kier alpha value is -2.61. The largest absolute Gasteiger partial charge is 0.491 e. The van der Waals surface area contributed by atoms with Crippen molar-refractivity contribution in [3.8, 4) is 5.75 Å². The molecule has 1 atom stereocenters. The zero-order chi connectivity index (χ0) is 15.2. The van der Waals surface area contributed by atoms with Crippen LogP contribution in [0.3, 0.4) is 0 Å². The predicted octanol–water partition coefficient (Wildman–Crippen LogP) is 4.37. The van der Waals surface area contributed by atoms with E-state index in [9.17, 15) is 4.79 Å². The van der Waals surface area contributed by atoms with Crippen LogP contribution in [0.1, 0.15) is 22.8 Å². The first-order valence-corrected chi connectivity index (χ1v) is 7.45. The Kier molecular flexibility index (Phi) is 2.80. The van der Waals surface area contributed by atoms with Crippen molar-refractivity contribution in [3.05, 3.63) is 77.9 Å². The molecule has 1 aliphatic rings. The molecule has 2 nitrogen and oxygen atoms in total. The van der Waals surface area contributed by atoms with E-state index in [0.29, 0.717) is 17.9 Å². The number of benzene rings is 3. The number of Topliss-reactive ketones (excluding diaryl/α,β-unsaturated/α-hetero) is 1. The van der Waals surface area contributed by atoms with E-state index in [-0.39, 0.29) is 5.78 Å². The summed E-state index contributed by atoms with van der Waals surface area (Å²) < 4.78 is 5.95. The highest BCUT2D eigenvalue weighted by Crippen LogP contribution is 2.40. The third kappa shape index (κ3) is 1.77. The summed E-state index contributed by atoms with van der Waals surface area (Å²) in [7, 11) is 0. The highest BCUT2D eigenvalue weighted by molar-refractivity contribution is 6.15. The minimum absolute atomic E-state index is 0.136. The summed E-state index contributed by atoms with van der Waals surface area (Å²) in [6, 6.07) is 21.8. The predicted molar refractivity (Wildman–Crippen MR) is 87.6 cm³/mol. The van der Waals surface area contributed by atoms with Crippen molar-refractivity contribution in [2.24, 2.45) is 0 Å². The SMILES string of the molecule is C[C@]1(c2ccccc2)COc2ccc3ccccc3c2C1=O. The summed E-state index contributed by atoms with van der Waals surface area (Å²) in [6.07, 6.45) is 0. The maximum atomic E-state index is 13.3. The molecule has 3 aromatic carbocycles. The van der Waals surface area contributed by atoms with Gasteiger partial charge in [-0.3, -0.25) is 4.79 Å². The van der Waals surface area contributed by atoms with Crippen molar-refractivity contribution in [3.63, 3.8) is 0 Å². The van der Waals surface area contributed by atoms with Crippen molar-refractivity contribution in [2.45, 2.75) is 12.3 Å². The third-order valence-electron chi connectivity index (χ3n) is 4.55. The Morgan fingerprint density at radius 2 is 1.64 bits per heavy atom. The van der Waals surface area contributed by atoms with Crippen LogP contribution in [0.4, 0.5) is 0 Å². The Labute approximate surface area is 129 Å². The van der Waals surface area contributed by atoms with Gasteiger partial charge in [0.25, 0.3) is 0 Å². The van der Waals surface area contributed by atoms with Crippen LogP contribution in [-0.4, -0.2) is 12.4 Å². The van der Waals surface area contributed by atoms with Crippen molar-refractivity contribution in [1.82, 2.24) is 0 Å². The van der Waals surface area contributed by atoms with Gasteiger partial charge in [0, 0.05) is 0 Å². The first-order chi connectivity index (χ1) is 10.7. The summed E-state index contributed by atoms with van der Waals surface area (Å²) >= 11 is 0. The van der Waals surface area contributed by atoms with E-state index in [2.05, 4.69) is 0 Å². The smallest absolute Gasteiger partial charge is 0.180 e. The normalized spacial score (nSPS) is 20.5. The first kappa shape index (κ1) is 13.1.